The lowest BCUT2D eigenvalue weighted by molar-refractivity contribution is 0.195. The van der Waals surface area contributed by atoms with Crippen LogP contribution in [0.4, 0.5) is 0 Å². The van der Waals surface area contributed by atoms with E-state index in [1.165, 1.54) is 18.3 Å². The lowest BCUT2D eigenvalue weighted by atomic mass is 9.97. The number of nitrogens with one attached hydrogen (secondary N) is 1. The van der Waals surface area contributed by atoms with Crippen LogP contribution in [0.5, 0.6) is 0 Å². The molecule has 0 radical (unpaired) electrons. The molecular formula is C13H17N3O3S. The molecule has 1 aliphatic carbocycles. The Kier molecular flexibility index (Phi) is 4.70. The molecule has 0 bridgehead atoms. The van der Waals surface area contributed by atoms with Gasteiger partial charge >= 0.3 is 0 Å². The molecule has 2 atom stereocenters. The van der Waals surface area contributed by atoms with Crippen molar-refractivity contribution in [1.82, 2.24) is 9.71 Å². The maximum Gasteiger partial charge on any atom is 0.242 e. The van der Waals surface area contributed by atoms with E-state index in [4.69, 9.17) is 5.26 Å². The van der Waals surface area contributed by atoms with Gasteiger partial charge < -0.3 is 5.11 Å². The van der Waals surface area contributed by atoms with Gasteiger partial charge in [-0.3, -0.25) is 0 Å². The standard InChI is InChI=1S/C13H17N3O3S/c14-6-12-4-5-13(8-15-12)20(18,19)16-7-10-2-1-3-11(10)9-17/h4-5,8,10-11,16-17H,1-3,7,9H2. The Bertz CT molecular complexity index is 592. The summed E-state index contributed by atoms with van der Waals surface area (Å²) in [4.78, 5) is 3.81. The fraction of sp³-hybridized carbons (Fsp3) is 0.538. The van der Waals surface area contributed by atoms with E-state index in [0.717, 1.165) is 19.3 Å². The number of pyridine rings is 1. The third kappa shape index (κ3) is 3.33. The Hall–Kier alpha value is -1.49. The normalized spacial score (nSPS) is 22.6. The maximum absolute atomic E-state index is 12.1. The highest BCUT2D eigenvalue weighted by Crippen LogP contribution is 2.30. The first-order valence-electron chi connectivity index (χ1n) is 6.53. The van der Waals surface area contributed by atoms with Crippen LogP contribution in [0.2, 0.25) is 0 Å². The smallest absolute Gasteiger partial charge is 0.242 e. The third-order valence-corrected chi connectivity index (χ3v) is 5.16. The fourth-order valence-electron chi connectivity index (χ4n) is 2.53. The van der Waals surface area contributed by atoms with Crippen LogP contribution in [0.15, 0.2) is 23.2 Å². The van der Waals surface area contributed by atoms with Gasteiger partial charge in [-0.1, -0.05) is 6.42 Å². The van der Waals surface area contributed by atoms with Crippen LogP contribution < -0.4 is 4.72 Å². The second-order valence-corrected chi connectivity index (χ2v) is 6.74. The Morgan fingerprint density at radius 3 is 2.75 bits per heavy atom. The molecule has 20 heavy (non-hydrogen) atoms. The Labute approximate surface area is 118 Å². The van der Waals surface area contributed by atoms with Crippen LogP contribution >= 0.6 is 0 Å². The van der Waals surface area contributed by atoms with Crippen molar-refractivity contribution in [3.8, 4) is 6.07 Å². The van der Waals surface area contributed by atoms with Gasteiger partial charge in [-0.15, -0.1) is 0 Å². The van der Waals surface area contributed by atoms with Crippen molar-refractivity contribution in [2.75, 3.05) is 13.2 Å². The van der Waals surface area contributed by atoms with Gasteiger partial charge in [0, 0.05) is 19.3 Å². The number of nitriles is 1. The van der Waals surface area contributed by atoms with Gasteiger partial charge in [0.25, 0.3) is 0 Å². The molecule has 6 nitrogen and oxygen atoms in total. The van der Waals surface area contributed by atoms with Crippen molar-refractivity contribution in [1.29, 1.82) is 5.26 Å². The molecule has 0 saturated heterocycles. The summed E-state index contributed by atoms with van der Waals surface area (Å²) < 4.78 is 26.7. The third-order valence-electron chi connectivity index (χ3n) is 3.75. The highest BCUT2D eigenvalue weighted by atomic mass is 32.2. The molecule has 2 N–H and O–H groups in total. The average molecular weight is 295 g/mol. The van der Waals surface area contributed by atoms with Gasteiger partial charge in [-0.05, 0) is 36.8 Å². The van der Waals surface area contributed by atoms with Gasteiger partial charge in [-0.2, -0.15) is 5.26 Å². The highest BCUT2D eigenvalue weighted by molar-refractivity contribution is 7.89. The predicted molar refractivity (Wildman–Crippen MR) is 72.1 cm³/mol. The first kappa shape index (κ1) is 14.9. The summed E-state index contributed by atoms with van der Waals surface area (Å²) >= 11 is 0. The minimum Gasteiger partial charge on any atom is -0.396 e. The van der Waals surface area contributed by atoms with Gasteiger partial charge in [0.1, 0.15) is 16.7 Å². The number of hydrogen-bond acceptors (Lipinski definition) is 5. The molecule has 0 amide bonds. The predicted octanol–water partition coefficient (Wildman–Crippen LogP) is 0.640. The van der Waals surface area contributed by atoms with Crippen LogP contribution in [0.1, 0.15) is 25.0 Å². The van der Waals surface area contributed by atoms with Crippen molar-refractivity contribution in [3.05, 3.63) is 24.0 Å². The minimum absolute atomic E-state index is 0.0510. The molecule has 1 aromatic heterocycles. The Morgan fingerprint density at radius 1 is 1.40 bits per heavy atom. The fourth-order valence-corrected chi connectivity index (χ4v) is 3.57. The van der Waals surface area contributed by atoms with E-state index in [1.54, 1.807) is 0 Å². The Balaban J connectivity index is 2.02. The first-order chi connectivity index (χ1) is 9.56. The van der Waals surface area contributed by atoms with Crippen molar-refractivity contribution < 1.29 is 13.5 Å². The quantitative estimate of drug-likeness (QED) is 0.829. The first-order valence-corrected chi connectivity index (χ1v) is 8.02. The lowest BCUT2D eigenvalue weighted by Crippen LogP contribution is -2.31. The van der Waals surface area contributed by atoms with Crippen molar-refractivity contribution in [2.45, 2.75) is 24.2 Å². The highest BCUT2D eigenvalue weighted by Gasteiger charge is 2.28. The molecule has 0 aliphatic heterocycles. The van der Waals surface area contributed by atoms with Gasteiger partial charge in [0.2, 0.25) is 10.0 Å². The lowest BCUT2D eigenvalue weighted by Gasteiger charge is -2.17. The molecule has 108 valence electrons. The van der Waals surface area contributed by atoms with Crippen LogP contribution in [0, 0.1) is 23.2 Å². The molecule has 0 aromatic carbocycles. The molecule has 2 rings (SSSR count). The zero-order valence-electron chi connectivity index (χ0n) is 11.0. The van der Waals surface area contributed by atoms with E-state index in [1.807, 2.05) is 6.07 Å². The molecule has 1 saturated carbocycles. The van der Waals surface area contributed by atoms with Crippen LogP contribution in [-0.4, -0.2) is 31.7 Å². The van der Waals surface area contributed by atoms with Crippen LogP contribution in [0.3, 0.4) is 0 Å². The summed E-state index contributed by atoms with van der Waals surface area (Å²) in [7, 11) is -3.61. The van der Waals surface area contributed by atoms with E-state index in [-0.39, 0.29) is 29.0 Å². The molecular weight excluding hydrogens is 278 g/mol. The average Bonchev–Trinajstić information content (AvgIpc) is 2.93. The van der Waals surface area contributed by atoms with Gasteiger partial charge in [0.05, 0.1) is 0 Å². The number of aliphatic hydroxyl groups excluding tert-OH is 1. The van der Waals surface area contributed by atoms with Gasteiger partial charge in [-0.25, -0.2) is 18.1 Å². The van der Waals surface area contributed by atoms with Crippen molar-refractivity contribution >= 4 is 10.0 Å². The molecule has 0 spiro atoms. The molecule has 1 aliphatic rings. The zero-order chi connectivity index (χ0) is 14.6. The van der Waals surface area contributed by atoms with E-state index in [2.05, 4.69) is 9.71 Å². The summed E-state index contributed by atoms with van der Waals surface area (Å²) in [6, 6.07) is 4.58. The second-order valence-electron chi connectivity index (χ2n) is 4.98. The molecule has 2 unspecified atom stereocenters. The summed E-state index contributed by atoms with van der Waals surface area (Å²) in [6.45, 7) is 0.429. The number of hydrogen-bond donors (Lipinski definition) is 2. The zero-order valence-corrected chi connectivity index (χ0v) is 11.8. The summed E-state index contributed by atoms with van der Waals surface area (Å²) in [5, 5.41) is 17.9. The number of rotatable bonds is 5. The monoisotopic (exact) mass is 295 g/mol. The summed E-state index contributed by atoms with van der Waals surface area (Å²) in [5.74, 6) is 0.359. The largest absolute Gasteiger partial charge is 0.396 e. The number of aromatic nitrogens is 1. The molecule has 1 fully saturated rings. The number of sulfonamides is 1. The van der Waals surface area contributed by atoms with E-state index in [9.17, 15) is 13.5 Å². The Morgan fingerprint density at radius 2 is 2.15 bits per heavy atom. The second kappa shape index (κ2) is 6.31. The molecule has 1 heterocycles. The number of nitrogens with zero attached hydrogens (tertiary/aromatic N) is 2. The van der Waals surface area contributed by atoms with Crippen molar-refractivity contribution in [2.24, 2.45) is 11.8 Å². The van der Waals surface area contributed by atoms with E-state index in [0.29, 0.717) is 6.54 Å². The van der Waals surface area contributed by atoms with Crippen molar-refractivity contribution in [3.63, 3.8) is 0 Å². The molecule has 7 heteroatoms. The maximum atomic E-state index is 12.1. The SMILES string of the molecule is N#Cc1ccc(S(=O)(=O)NCC2CCCC2CO)cn1. The summed E-state index contributed by atoms with van der Waals surface area (Å²) in [6.07, 6.45) is 4.08. The van der Waals surface area contributed by atoms with Gasteiger partial charge in [0.15, 0.2) is 0 Å². The topological polar surface area (TPSA) is 103 Å². The van der Waals surface area contributed by atoms with E-state index < -0.39 is 10.0 Å². The van der Waals surface area contributed by atoms with E-state index >= 15 is 0 Å². The molecule has 1 aromatic rings. The minimum atomic E-state index is -3.61. The summed E-state index contributed by atoms with van der Waals surface area (Å²) in [5.41, 5.74) is 0.181. The van der Waals surface area contributed by atoms with Crippen LogP contribution in [0.25, 0.3) is 0 Å². The number of aliphatic hydroxyl groups is 1. The van der Waals surface area contributed by atoms with Crippen LogP contribution in [-0.2, 0) is 10.0 Å².